The highest BCUT2D eigenvalue weighted by Gasteiger charge is 2.03. The number of ether oxygens (including phenoxy) is 2. The van der Waals surface area contributed by atoms with Crippen molar-refractivity contribution in [1.82, 2.24) is 16.0 Å². The second kappa shape index (κ2) is 12.2. The Labute approximate surface area is 133 Å². The first-order valence-electron chi connectivity index (χ1n) is 7.85. The topological polar surface area (TPSA) is 80.6 Å². The van der Waals surface area contributed by atoms with Gasteiger partial charge in [0.1, 0.15) is 0 Å². The Morgan fingerprint density at radius 3 is 2.23 bits per heavy atom. The molecule has 0 aliphatic rings. The summed E-state index contributed by atoms with van der Waals surface area (Å²) in [6.45, 7) is 6.36. The average molecular weight is 310 g/mol. The van der Waals surface area contributed by atoms with Crippen LogP contribution in [0.15, 0.2) is 18.2 Å². The van der Waals surface area contributed by atoms with Crippen molar-refractivity contribution in [2.75, 3.05) is 53.5 Å². The number of nitrogens with two attached hydrogens (primary N) is 1. The van der Waals surface area contributed by atoms with Crippen LogP contribution in [0.5, 0.6) is 11.5 Å². The highest BCUT2D eigenvalue weighted by atomic mass is 16.5. The van der Waals surface area contributed by atoms with Crippen LogP contribution in [0.25, 0.3) is 0 Å². The van der Waals surface area contributed by atoms with Crippen LogP contribution in [0.1, 0.15) is 12.0 Å². The molecule has 0 saturated carbocycles. The molecule has 0 spiro atoms. The van der Waals surface area contributed by atoms with Gasteiger partial charge in [0.2, 0.25) is 0 Å². The van der Waals surface area contributed by atoms with Gasteiger partial charge in [-0.25, -0.2) is 0 Å². The number of nitrogens with one attached hydrogen (secondary N) is 3. The predicted octanol–water partition coefficient (Wildman–Crippen LogP) is 0.321. The zero-order valence-electron chi connectivity index (χ0n) is 13.8. The SMILES string of the molecule is COc1ccc(CNCCNCCCNCCN)cc1OC. The molecule has 0 bridgehead atoms. The van der Waals surface area contributed by atoms with Gasteiger partial charge in [0.25, 0.3) is 0 Å². The third-order valence-corrected chi connectivity index (χ3v) is 3.28. The number of hydrogen-bond donors (Lipinski definition) is 4. The molecule has 1 aromatic carbocycles. The molecule has 1 aromatic rings. The summed E-state index contributed by atoms with van der Waals surface area (Å²) < 4.78 is 10.5. The molecule has 0 radical (unpaired) electrons. The van der Waals surface area contributed by atoms with Crippen LogP contribution in [0.4, 0.5) is 0 Å². The largest absolute Gasteiger partial charge is 0.493 e. The number of rotatable bonds is 13. The quantitative estimate of drug-likeness (QED) is 0.393. The summed E-state index contributed by atoms with van der Waals surface area (Å²) in [5, 5.41) is 10.1. The van der Waals surface area contributed by atoms with Gasteiger partial charge in [-0.1, -0.05) is 6.07 Å². The maximum absolute atomic E-state index is 5.41. The molecule has 1 rings (SSSR count). The molecule has 0 atom stereocenters. The minimum absolute atomic E-state index is 0.702. The van der Waals surface area contributed by atoms with Crippen LogP contribution < -0.4 is 31.2 Å². The van der Waals surface area contributed by atoms with E-state index in [-0.39, 0.29) is 0 Å². The normalized spacial score (nSPS) is 10.7. The van der Waals surface area contributed by atoms with Crippen molar-refractivity contribution >= 4 is 0 Å². The maximum Gasteiger partial charge on any atom is 0.161 e. The average Bonchev–Trinajstić information content (AvgIpc) is 2.56. The summed E-state index contributed by atoms with van der Waals surface area (Å²) in [5.41, 5.74) is 6.59. The van der Waals surface area contributed by atoms with E-state index in [9.17, 15) is 0 Å². The van der Waals surface area contributed by atoms with Crippen molar-refractivity contribution in [3.05, 3.63) is 23.8 Å². The Bertz CT molecular complexity index is 402. The van der Waals surface area contributed by atoms with E-state index in [4.69, 9.17) is 15.2 Å². The fraction of sp³-hybridized carbons (Fsp3) is 0.625. The second-order valence-electron chi connectivity index (χ2n) is 5.01. The van der Waals surface area contributed by atoms with E-state index in [0.717, 1.165) is 57.2 Å². The van der Waals surface area contributed by atoms with E-state index in [0.29, 0.717) is 6.54 Å². The van der Waals surface area contributed by atoms with Crippen LogP contribution in [0.2, 0.25) is 0 Å². The monoisotopic (exact) mass is 310 g/mol. The molecule has 0 unspecified atom stereocenters. The van der Waals surface area contributed by atoms with Crippen molar-refractivity contribution in [1.29, 1.82) is 0 Å². The van der Waals surface area contributed by atoms with Crippen LogP contribution in [0.3, 0.4) is 0 Å². The number of methoxy groups -OCH3 is 2. The lowest BCUT2D eigenvalue weighted by Gasteiger charge is -2.10. The third kappa shape index (κ3) is 7.61. The van der Waals surface area contributed by atoms with Crippen molar-refractivity contribution in [3.8, 4) is 11.5 Å². The molecule has 0 amide bonds. The summed E-state index contributed by atoms with van der Waals surface area (Å²) in [6.07, 6.45) is 1.12. The fourth-order valence-electron chi connectivity index (χ4n) is 2.09. The van der Waals surface area contributed by atoms with Crippen molar-refractivity contribution in [2.24, 2.45) is 5.73 Å². The predicted molar refractivity (Wildman–Crippen MR) is 90.7 cm³/mol. The van der Waals surface area contributed by atoms with E-state index >= 15 is 0 Å². The Hall–Kier alpha value is -1.34. The molecule has 0 aliphatic carbocycles. The summed E-state index contributed by atoms with van der Waals surface area (Å²) in [7, 11) is 3.30. The maximum atomic E-state index is 5.41. The first-order chi connectivity index (χ1) is 10.8. The molecule has 0 saturated heterocycles. The molecular formula is C16H30N4O2. The van der Waals surface area contributed by atoms with Crippen molar-refractivity contribution in [2.45, 2.75) is 13.0 Å². The Morgan fingerprint density at radius 2 is 1.55 bits per heavy atom. The summed E-state index contributed by atoms with van der Waals surface area (Å²) in [5.74, 6) is 1.53. The molecule has 6 heteroatoms. The van der Waals surface area contributed by atoms with Gasteiger partial charge in [-0.2, -0.15) is 0 Å². The molecule has 5 N–H and O–H groups in total. The molecule has 126 valence electrons. The van der Waals surface area contributed by atoms with Gasteiger partial charge in [0, 0.05) is 32.7 Å². The lowest BCUT2D eigenvalue weighted by molar-refractivity contribution is 0.354. The molecule has 22 heavy (non-hydrogen) atoms. The van der Waals surface area contributed by atoms with E-state index in [1.165, 1.54) is 5.56 Å². The minimum atomic E-state index is 0.702. The Morgan fingerprint density at radius 1 is 0.864 bits per heavy atom. The van der Waals surface area contributed by atoms with Gasteiger partial charge in [-0.3, -0.25) is 0 Å². The van der Waals surface area contributed by atoms with E-state index < -0.39 is 0 Å². The van der Waals surface area contributed by atoms with Gasteiger partial charge in [-0.05, 0) is 37.2 Å². The molecule has 6 nitrogen and oxygen atoms in total. The molecule has 0 fully saturated rings. The summed E-state index contributed by atoms with van der Waals surface area (Å²) in [4.78, 5) is 0. The zero-order chi connectivity index (χ0) is 16.0. The smallest absolute Gasteiger partial charge is 0.161 e. The highest BCUT2D eigenvalue weighted by molar-refractivity contribution is 5.42. The zero-order valence-corrected chi connectivity index (χ0v) is 13.8. The van der Waals surface area contributed by atoms with Gasteiger partial charge in [0.15, 0.2) is 11.5 Å². The van der Waals surface area contributed by atoms with Gasteiger partial charge in [0.05, 0.1) is 14.2 Å². The van der Waals surface area contributed by atoms with Crippen molar-refractivity contribution in [3.63, 3.8) is 0 Å². The molecular weight excluding hydrogens is 280 g/mol. The molecule has 0 aliphatic heterocycles. The van der Waals surface area contributed by atoms with E-state index in [1.54, 1.807) is 14.2 Å². The summed E-state index contributed by atoms with van der Waals surface area (Å²) in [6, 6.07) is 5.98. The van der Waals surface area contributed by atoms with Crippen LogP contribution in [-0.2, 0) is 6.54 Å². The van der Waals surface area contributed by atoms with E-state index in [2.05, 4.69) is 16.0 Å². The first-order valence-corrected chi connectivity index (χ1v) is 7.85. The number of hydrogen-bond acceptors (Lipinski definition) is 6. The Balaban J connectivity index is 2.07. The lowest BCUT2D eigenvalue weighted by Crippen LogP contribution is -2.30. The minimum Gasteiger partial charge on any atom is -0.493 e. The van der Waals surface area contributed by atoms with E-state index in [1.807, 2.05) is 18.2 Å². The first kappa shape index (κ1) is 18.7. The highest BCUT2D eigenvalue weighted by Crippen LogP contribution is 2.27. The van der Waals surface area contributed by atoms with Crippen LogP contribution in [0, 0.1) is 0 Å². The second-order valence-corrected chi connectivity index (χ2v) is 5.01. The Kier molecular flexibility index (Phi) is 10.4. The molecule has 0 heterocycles. The van der Waals surface area contributed by atoms with Gasteiger partial charge in [-0.15, -0.1) is 0 Å². The van der Waals surface area contributed by atoms with Crippen LogP contribution >= 0.6 is 0 Å². The number of benzene rings is 1. The fourth-order valence-corrected chi connectivity index (χ4v) is 2.09. The van der Waals surface area contributed by atoms with Gasteiger partial charge < -0.3 is 31.2 Å². The third-order valence-electron chi connectivity index (χ3n) is 3.28. The van der Waals surface area contributed by atoms with Gasteiger partial charge >= 0.3 is 0 Å². The van der Waals surface area contributed by atoms with Crippen molar-refractivity contribution < 1.29 is 9.47 Å². The standard InChI is InChI=1S/C16H30N4O2/c1-21-15-5-4-14(12-16(15)22-2)13-20-11-10-19-8-3-7-18-9-6-17/h4-5,12,18-20H,3,6-11,13,17H2,1-2H3. The molecule has 0 aromatic heterocycles. The van der Waals surface area contributed by atoms with Crippen LogP contribution in [-0.4, -0.2) is 53.5 Å². The summed E-state index contributed by atoms with van der Waals surface area (Å²) >= 11 is 0. The lowest BCUT2D eigenvalue weighted by atomic mass is 10.2.